The van der Waals surface area contributed by atoms with Crippen LogP contribution in [-0.2, 0) is 16.0 Å². The van der Waals surface area contributed by atoms with Crippen molar-refractivity contribution >= 4 is 5.97 Å². The number of hydrogen-bond donors (Lipinski definition) is 0. The third-order valence-corrected chi connectivity index (χ3v) is 5.47. The van der Waals surface area contributed by atoms with Crippen LogP contribution in [0.2, 0.25) is 0 Å². The molecule has 0 amide bonds. The van der Waals surface area contributed by atoms with Gasteiger partial charge in [0.1, 0.15) is 5.75 Å². The number of carbonyl (C=O) groups is 1. The third kappa shape index (κ3) is 6.64. The van der Waals surface area contributed by atoms with Crippen LogP contribution < -0.4 is 4.74 Å². The van der Waals surface area contributed by atoms with Crippen LogP contribution in [-0.4, -0.2) is 29.2 Å². The van der Waals surface area contributed by atoms with Crippen molar-refractivity contribution < 1.29 is 14.3 Å². The van der Waals surface area contributed by atoms with E-state index in [1.54, 1.807) is 6.92 Å². The SMILES string of the molecule is CCCCCCCc1ccc(-c2ncc(-c3ccc(OC(C)C(=O)OC)cc3)cn2)cc1. The van der Waals surface area contributed by atoms with Crippen LogP contribution in [0.25, 0.3) is 22.5 Å². The third-order valence-electron chi connectivity index (χ3n) is 5.47. The van der Waals surface area contributed by atoms with E-state index in [1.165, 1.54) is 44.8 Å². The van der Waals surface area contributed by atoms with Gasteiger partial charge in [0.15, 0.2) is 11.9 Å². The number of carbonyl (C=O) groups excluding carboxylic acids is 1. The molecular weight excluding hydrogens is 400 g/mol. The molecule has 3 aromatic rings. The first-order chi connectivity index (χ1) is 15.6. The minimum absolute atomic E-state index is 0.405. The lowest BCUT2D eigenvalue weighted by atomic mass is 10.0. The second-order valence-electron chi connectivity index (χ2n) is 7.96. The Labute approximate surface area is 190 Å². The van der Waals surface area contributed by atoms with Gasteiger partial charge < -0.3 is 9.47 Å². The molecule has 2 aromatic carbocycles. The van der Waals surface area contributed by atoms with Gasteiger partial charge in [-0.05, 0) is 43.0 Å². The zero-order valence-electron chi connectivity index (χ0n) is 19.2. The number of benzene rings is 2. The number of ether oxygens (including phenoxy) is 2. The summed E-state index contributed by atoms with van der Waals surface area (Å²) in [6.45, 7) is 3.90. The molecule has 168 valence electrons. The summed E-state index contributed by atoms with van der Waals surface area (Å²) in [4.78, 5) is 20.6. The molecule has 0 N–H and O–H groups in total. The summed E-state index contributed by atoms with van der Waals surface area (Å²) >= 11 is 0. The Morgan fingerprint density at radius 3 is 2.09 bits per heavy atom. The smallest absolute Gasteiger partial charge is 0.346 e. The van der Waals surface area contributed by atoms with Gasteiger partial charge >= 0.3 is 5.97 Å². The summed E-state index contributed by atoms with van der Waals surface area (Å²) < 4.78 is 10.3. The Bertz CT molecular complexity index is 967. The van der Waals surface area contributed by atoms with Gasteiger partial charge in [-0.1, -0.05) is 69.0 Å². The van der Waals surface area contributed by atoms with Crippen molar-refractivity contribution in [1.29, 1.82) is 0 Å². The molecule has 5 heteroatoms. The maximum absolute atomic E-state index is 11.5. The second-order valence-corrected chi connectivity index (χ2v) is 7.96. The summed E-state index contributed by atoms with van der Waals surface area (Å²) in [7, 11) is 1.35. The predicted molar refractivity (Wildman–Crippen MR) is 127 cm³/mol. The molecule has 0 aliphatic rings. The maximum atomic E-state index is 11.5. The van der Waals surface area contributed by atoms with E-state index in [2.05, 4.69) is 45.9 Å². The van der Waals surface area contributed by atoms with E-state index in [0.717, 1.165) is 28.9 Å². The highest BCUT2D eigenvalue weighted by atomic mass is 16.6. The first kappa shape index (κ1) is 23.5. The molecule has 0 fully saturated rings. The average Bonchev–Trinajstić information content (AvgIpc) is 2.84. The summed E-state index contributed by atoms with van der Waals surface area (Å²) in [5.74, 6) is 0.919. The molecule has 32 heavy (non-hydrogen) atoms. The Morgan fingerprint density at radius 2 is 1.47 bits per heavy atom. The highest BCUT2D eigenvalue weighted by Crippen LogP contribution is 2.24. The molecule has 0 aliphatic heterocycles. The normalized spacial score (nSPS) is 11.7. The first-order valence-corrected chi connectivity index (χ1v) is 11.4. The molecule has 1 heterocycles. The molecule has 0 saturated carbocycles. The molecule has 0 saturated heterocycles. The zero-order chi connectivity index (χ0) is 22.8. The summed E-state index contributed by atoms with van der Waals surface area (Å²) in [5, 5.41) is 0. The van der Waals surface area contributed by atoms with Gasteiger partial charge in [0, 0.05) is 23.5 Å². The van der Waals surface area contributed by atoms with Crippen molar-refractivity contribution in [2.45, 2.75) is 58.5 Å². The minimum atomic E-state index is -0.652. The quantitative estimate of drug-likeness (QED) is 0.264. The van der Waals surface area contributed by atoms with E-state index in [4.69, 9.17) is 4.74 Å². The first-order valence-electron chi connectivity index (χ1n) is 11.4. The highest BCUT2D eigenvalue weighted by molar-refractivity contribution is 5.74. The number of nitrogens with zero attached hydrogens (tertiary/aromatic N) is 2. The summed E-state index contributed by atoms with van der Waals surface area (Å²) in [6.07, 6.45) is 10.6. The number of aromatic nitrogens is 2. The van der Waals surface area contributed by atoms with Gasteiger partial charge in [-0.3, -0.25) is 0 Å². The van der Waals surface area contributed by atoms with Gasteiger partial charge in [0.25, 0.3) is 0 Å². The van der Waals surface area contributed by atoms with E-state index in [0.29, 0.717) is 5.75 Å². The van der Waals surface area contributed by atoms with Crippen molar-refractivity contribution in [3.8, 4) is 28.3 Å². The standard InChI is InChI=1S/C27H32N2O3/c1-4-5-6-7-8-9-21-10-12-23(13-11-21)26-28-18-24(19-29-26)22-14-16-25(17-15-22)32-20(2)27(30)31-3/h10-20H,4-9H2,1-3H3. The van der Waals surface area contributed by atoms with Crippen LogP contribution in [0.4, 0.5) is 0 Å². The van der Waals surface area contributed by atoms with Crippen LogP contribution in [0, 0.1) is 0 Å². The zero-order valence-corrected chi connectivity index (χ0v) is 19.2. The molecule has 0 spiro atoms. The van der Waals surface area contributed by atoms with Gasteiger partial charge in [-0.15, -0.1) is 0 Å². The molecule has 1 unspecified atom stereocenters. The van der Waals surface area contributed by atoms with Crippen molar-refractivity contribution in [3.05, 3.63) is 66.5 Å². The van der Waals surface area contributed by atoms with Crippen molar-refractivity contribution in [3.63, 3.8) is 0 Å². The molecule has 1 aromatic heterocycles. The second kappa shape index (κ2) is 12.0. The molecule has 3 rings (SSSR count). The highest BCUT2D eigenvalue weighted by Gasteiger charge is 2.14. The van der Waals surface area contributed by atoms with Gasteiger partial charge in [0.2, 0.25) is 0 Å². The number of methoxy groups -OCH3 is 1. The van der Waals surface area contributed by atoms with Crippen molar-refractivity contribution in [2.24, 2.45) is 0 Å². The monoisotopic (exact) mass is 432 g/mol. The van der Waals surface area contributed by atoms with Crippen LogP contribution >= 0.6 is 0 Å². The maximum Gasteiger partial charge on any atom is 0.346 e. The number of esters is 1. The van der Waals surface area contributed by atoms with E-state index < -0.39 is 12.1 Å². The lowest BCUT2D eigenvalue weighted by molar-refractivity contribution is -0.147. The average molecular weight is 433 g/mol. The largest absolute Gasteiger partial charge is 0.479 e. The Morgan fingerprint density at radius 1 is 0.844 bits per heavy atom. The fourth-order valence-electron chi connectivity index (χ4n) is 3.52. The van der Waals surface area contributed by atoms with Crippen LogP contribution in [0.5, 0.6) is 5.75 Å². The minimum Gasteiger partial charge on any atom is -0.479 e. The van der Waals surface area contributed by atoms with Crippen molar-refractivity contribution in [1.82, 2.24) is 9.97 Å². The van der Waals surface area contributed by atoms with Crippen molar-refractivity contribution in [2.75, 3.05) is 7.11 Å². The fourth-order valence-corrected chi connectivity index (χ4v) is 3.52. The van der Waals surface area contributed by atoms with Gasteiger partial charge in [-0.2, -0.15) is 0 Å². The molecule has 0 radical (unpaired) electrons. The number of aryl methyl sites for hydroxylation is 1. The Kier molecular flexibility index (Phi) is 8.79. The van der Waals surface area contributed by atoms with Crippen LogP contribution in [0.3, 0.4) is 0 Å². The van der Waals surface area contributed by atoms with Gasteiger partial charge in [-0.25, -0.2) is 14.8 Å². The van der Waals surface area contributed by atoms with E-state index >= 15 is 0 Å². The summed E-state index contributed by atoms with van der Waals surface area (Å²) in [5.41, 5.74) is 4.29. The topological polar surface area (TPSA) is 61.3 Å². The number of rotatable bonds is 11. The van der Waals surface area contributed by atoms with Crippen LogP contribution in [0.1, 0.15) is 51.5 Å². The van der Waals surface area contributed by atoms with E-state index in [-0.39, 0.29) is 0 Å². The lowest BCUT2D eigenvalue weighted by Crippen LogP contribution is -2.24. The summed E-state index contributed by atoms with van der Waals surface area (Å²) in [6, 6.07) is 16.1. The van der Waals surface area contributed by atoms with E-state index in [1.807, 2.05) is 36.7 Å². The number of unbranched alkanes of at least 4 members (excludes halogenated alkanes) is 4. The fraction of sp³-hybridized carbons (Fsp3) is 0.370. The lowest BCUT2D eigenvalue weighted by Gasteiger charge is -2.12. The Hall–Kier alpha value is -3.21. The van der Waals surface area contributed by atoms with Gasteiger partial charge in [0.05, 0.1) is 7.11 Å². The van der Waals surface area contributed by atoms with E-state index in [9.17, 15) is 4.79 Å². The molecule has 0 bridgehead atoms. The Balaban J connectivity index is 1.58. The van der Waals surface area contributed by atoms with Crippen LogP contribution in [0.15, 0.2) is 60.9 Å². The predicted octanol–water partition coefficient (Wildman–Crippen LogP) is 6.26. The molecule has 1 atom stereocenters. The molecule has 5 nitrogen and oxygen atoms in total. The molecule has 0 aliphatic carbocycles. The number of hydrogen-bond acceptors (Lipinski definition) is 5. The molecular formula is C27H32N2O3.